The maximum atomic E-state index is 7.06. The Hall–Kier alpha value is -8.23. The predicted molar refractivity (Wildman–Crippen MR) is 279 cm³/mol. The third-order valence-electron chi connectivity index (χ3n) is 13.4. The first-order valence-electron chi connectivity index (χ1n) is 22.1. The van der Waals surface area contributed by atoms with E-state index in [2.05, 4.69) is 199 Å². The summed E-state index contributed by atoms with van der Waals surface area (Å²) in [5, 5.41) is 13.9. The van der Waals surface area contributed by atoms with Crippen LogP contribution in [0.25, 0.3) is 145 Å². The lowest BCUT2D eigenvalue weighted by Gasteiger charge is -2.13. The van der Waals surface area contributed by atoms with Crippen LogP contribution in [0.4, 0.5) is 0 Å². The van der Waals surface area contributed by atoms with E-state index in [0.29, 0.717) is 17.5 Å². The molecule has 66 heavy (non-hydrogen) atoms. The molecule has 0 fully saturated rings. The number of hydrogen-bond donors (Lipinski definition) is 0. The van der Waals surface area contributed by atoms with Crippen molar-refractivity contribution in [1.82, 2.24) is 19.5 Å². The van der Waals surface area contributed by atoms with Gasteiger partial charge in [-0.3, -0.25) is 0 Å². The van der Waals surface area contributed by atoms with Crippen molar-refractivity contribution in [1.29, 1.82) is 0 Å². The Morgan fingerprint density at radius 2 is 0.909 bits per heavy atom. The maximum Gasteiger partial charge on any atom is 0.164 e. The summed E-state index contributed by atoms with van der Waals surface area (Å²) in [6.07, 6.45) is 0. The van der Waals surface area contributed by atoms with Gasteiger partial charge in [-0.2, -0.15) is 0 Å². The van der Waals surface area contributed by atoms with E-state index in [9.17, 15) is 0 Å². The van der Waals surface area contributed by atoms with E-state index >= 15 is 0 Å². The molecule has 15 rings (SSSR count). The lowest BCUT2D eigenvalue weighted by Crippen LogP contribution is -2.01. The second kappa shape index (κ2) is 13.6. The molecule has 0 bridgehead atoms. The minimum atomic E-state index is 0.580. The van der Waals surface area contributed by atoms with Gasteiger partial charge in [-0.05, 0) is 70.8 Å². The molecule has 0 aliphatic carbocycles. The van der Waals surface area contributed by atoms with Gasteiger partial charge in [0.25, 0.3) is 0 Å². The molecule has 0 aliphatic rings. The molecular weight excluding hydrogens is 845 g/mol. The fraction of sp³-hybridized carbons (Fsp3) is 0. The van der Waals surface area contributed by atoms with E-state index in [1.807, 2.05) is 0 Å². The maximum absolute atomic E-state index is 7.06. The lowest BCUT2D eigenvalue weighted by atomic mass is 10.0. The molecule has 0 saturated carbocycles. The van der Waals surface area contributed by atoms with Crippen molar-refractivity contribution in [2.45, 2.75) is 0 Å². The van der Waals surface area contributed by atoms with E-state index in [0.717, 1.165) is 66.1 Å². The van der Waals surface area contributed by atoms with Crippen molar-refractivity contribution < 1.29 is 4.42 Å². The quantitative estimate of drug-likeness (QED) is 0.177. The average Bonchev–Trinajstić information content (AvgIpc) is 4.13. The Balaban J connectivity index is 1.04. The van der Waals surface area contributed by atoms with Crippen LogP contribution in [0.2, 0.25) is 0 Å². The summed E-state index contributed by atoms with van der Waals surface area (Å²) in [5.74, 6) is 1.81. The number of nitrogens with zero attached hydrogens (tertiary/aromatic N) is 4. The first kappa shape index (κ1) is 36.1. The second-order valence-electron chi connectivity index (χ2n) is 17.1. The third kappa shape index (κ3) is 5.29. The number of aromatic nitrogens is 4. The van der Waals surface area contributed by atoms with Crippen molar-refractivity contribution in [3.8, 4) is 39.9 Å². The Morgan fingerprint density at radius 1 is 0.364 bits per heavy atom. The molecule has 0 aliphatic heterocycles. The average molecular weight is 877 g/mol. The summed E-state index contributed by atoms with van der Waals surface area (Å²) in [7, 11) is 0. The zero-order valence-corrected chi connectivity index (χ0v) is 36.6. The standard InChI is InChI=1S/C59H32N4OS2/c1-2-13-35-28-49-46(27-34(35)12-1)40-15-5-8-18-48(40)63(49)38-31-47(55-45-26-21-33-11-3-4-14-39(33)56(45)64-50(55)32-38)59-61-57(36-22-24-43-41-16-6-9-19-51(41)65-53(43)29-36)60-58(62-59)37-23-25-44-42-17-7-10-20-52(42)66-54(44)30-37/h1-32H. The zero-order valence-electron chi connectivity index (χ0n) is 35.0. The molecule has 0 radical (unpaired) electrons. The summed E-state index contributed by atoms with van der Waals surface area (Å²) < 4.78 is 14.3. The van der Waals surface area contributed by atoms with Crippen LogP contribution in [-0.2, 0) is 0 Å². The lowest BCUT2D eigenvalue weighted by molar-refractivity contribution is 0.672. The van der Waals surface area contributed by atoms with Crippen molar-refractivity contribution in [3.05, 3.63) is 194 Å². The Morgan fingerprint density at radius 3 is 1.61 bits per heavy atom. The highest BCUT2D eigenvalue weighted by Gasteiger charge is 2.23. The number of rotatable bonds is 4. The molecule has 5 aromatic heterocycles. The summed E-state index contributed by atoms with van der Waals surface area (Å²) in [5.41, 5.74) is 7.55. The van der Waals surface area contributed by atoms with Gasteiger partial charge in [0.1, 0.15) is 11.2 Å². The smallest absolute Gasteiger partial charge is 0.164 e. The fourth-order valence-electron chi connectivity index (χ4n) is 10.3. The molecule has 0 atom stereocenters. The summed E-state index contributed by atoms with van der Waals surface area (Å²) in [6.45, 7) is 0. The number of fused-ring (bicyclic) bond motifs is 15. The van der Waals surface area contributed by atoms with Gasteiger partial charge in [-0.25, -0.2) is 15.0 Å². The van der Waals surface area contributed by atoms with Crippen LogP contribution < -0.4 is 0 Å². The van der Waals surface area contributed by atoms with Crippen molar-refractivity contribution in [3.63, 3.8) is 0 Å². The fourth-order valence-corrected chi connectivity index (χ4v) is 12.6. The Labute approximate surface area is 384 Å². The topological polar surface area (TPSA) is 56.7 Å². The molecule has 0 saturated heterocycles. The van der Waals surface area contributed by atoms with Crippen LogP contribution in [0.15, 0.2) is 199 Å². The minimum absolute atomic E-state index is 0.580. The second-order valence-corrected chi connectivity index (χ2v) is 19.3. The zero-order chi connectivity index (χ0) is 43.0. The molecule has 10 aromatic carbocycles. The summed E-state index contributed by atoms with van der Waals surface area (Å²) in [4.78, 5) is 16.3. The van der Waals surface area contributed by atoms with Crippen molar-refractivity contribution in [2.75, 3.05) is 0 Å². The SMILES string of the molecule is c1ccc2cc3c(cc2c1)c1ccccc1n3-c1cc(-c2nc(-c3ccc4c(c3)sc3ccccc34)nc(-c3ccc4c(c3)sc3ccccc34)n2)c2c(c1)oc1c3ccccc3ccc12. The summed E-state index contributed by atoms with van der Waals surface area (Å²) in [6, 6.07) is 69.7. The van der Waals surface area contributed by atoms with Gasteiger partial charge in [0, 0.05) is 90.0 Å². The van der Waals surface area contributed by atoms with Gasteiger partial charge in [0.05, 0.1) is 16.7 Å². The van der Waals surface area contributed by atoms with Gasteiger partial charge in [0.15, 0.2) is 17.5 Å². The van der Waals surface area contributed by atoms with Crippen LogP contribution in [0.1, 0.15) is 0 Å². The normalized spacial score (nSPS) is 12.2. The molecule has 306 valence electrons. The number of furan rings is 1. The molecule has 7 heteroatoms. The van der Waals surface area contributed by atoms with Crippen molar-refractivity contribution in [2.24, 2.45) is 0 Å². The van der Waals surface area contributed by atoms with Gasteiger partial charge in [-0.15, -0.1) is 22.7 Å². The predicted octanol–water partition coefficient (Wildman–Crippen LogP) is 16.9. The van der Waals surface area contributed by atoms with E-state index in [1.165, 1.54) is 61.9 Å². The van der Waals surface area contributed by atoms with E-state index < -0.39 is 0 Å². The Kier molecular flexibility index (Phi) is 7.47. The number of thiophene rings is 2. The van der Waals surface area contributed by atoms with Gasteiger partial charge < -0.3 is 8.98 Å². The first-order chi connectivity index (χ1) is 32.7. The minimum Gasteiger partial charge on any atom is -0.455 e. The molecule has 5 nitrogen and oxygen atoms in total. The molecule has 0 unspecified atom stereocenters. The highest BCUT2D eigenvalue weighted by atomic mass is 32.1. The third-order valence-corrected chi connectivity index (χ3v) is 15.7. The first-order valence-corrected chi connectivity index (χ1v) is 23.7. The largest absolute Gasteiger partial charge is 0.455 e. The molecular formula is C59H32N4OS2. The Bertz CT molecular complexity index is 4420. The summed E-state index contributed by atoms with van der Waals surface area (Å²) >= 11 is 3.60. The van der Waals surface area contributed by atoms with E-state index in [1.54, 1.807) is 22.7 Å². The van der Waals surface area contributed by atoms with Crippen molar-refractivity contribution >= 4 is 128 Å². The van der Waals surface area contributed by atoms with E-state index in [-0.39, 0.29) is 0 Å². The molecule has 0 N–H and O–H groups in total. The number of benzene rings is 10. The number of para-hydroxylation sites is 1. The van der Waals surface area contributed by atoms with Gasteiger partial charge in [-0.1, -0.05) is 133 Å². The number of hydrogen-bond acceptors (Lipinski definition) is 6. The van der Waals surface area contributed by atoms with Gasteiger partial charge >= 0.3 is 0 Å². The monoisotopic (exact) mass is 876 g/mol. The highest BCUT2D eigenvalue weighted by molar-refractivity contribution is 7.26. The van der Waals surface area contributed by atoms with Crippen LogP contribution in [0.5, 0.6) is 0 Å². The van der Waals surface area contributed by atoms with Crippen LogP contribution in [0.3, 0.4) is 0 Å². The van der Waals surface area contributed by atoms with Crippen LogP contribution >= 0.6 is 22.7 Å². The molecule has 0 amide bonds. The highest BCUT2D eigenvalue weighted by Crippen LogP contribution is 2.44. The molecule has 15 aromatic rings. The van der Waals surface area contributed by atoms with Crippen LogP contribution in [-0.4, -0.2) is 19.5 Å². The molecule has 0 spiro atoms. The van der Waals surface area contributed by atoms with Gasteiger partial charge in [0.2, 0.25) is 0 Å². The van der Waals surface area contributed by atoms with Crippen LogP contribution in [0, 0.1) is 0 Å². The van der Waals surface area contributed by atoms with E-state index in [4.69, 9.17) is 19.4 Å². The molecule has 5 heterocycles.